The minimum absolute atomic E-state index is 0.0257. The Balaban J connectivity index is 2.40. The highest BCUT2D eigenvalue weighted by Gasteiger charge is 2.20. The Morgan fingerprint density at radius 3 is 2.17 bits per heavy atom. The van der Waals surface area contributed by atoms with Crippen LogP contribution >= 0.6 is 0 Å². The van der Waals surface area contributed by atoms with Gasteiger partial charge in [-0.15, -0.1) is 0 Å². The molecule has 10 heteroatoms. The molecule has 0 aliphatic carbocycles. The zero-order valence-corrected chi connectivity index (χ0v) is 15.7. The fourth-order valence-electron chi connectivity index (χ4n) is 2.46. The zero-order valence-electron chi connectivity index (χ0n) is 15.7. The molecule has 0 aliphatic heterocycles. The quantitative estimate of drug-likeness (QED) is 0.266. The number of hydrogen-bond donors (Lipinski definition) is 0. The Hall–Kier alpha value is -3.69. The van der Waals surface area contributed by atoms with Gasteiger partial charge in [0.2, 0.25) is 0 Å². The minimum atomic E-state index is -3.18. The van der Waals surface area contributed by atoms with Crippen molar-refractivity contribution < 1.29 is 37.4 Å². The lowest BCUT2D eigenvalue weighted by Gasteiger charge is -2.11. The number of carbonyl (C=O) groups is 1. The van der Waals surface area contributed by atoms with Crippen LogP contribution in [0.2, 0.25) is 0 Å². The van der Waals surface area contributed by atoms with E-state index >= 15 is 0 Å². The number of alkyl halides is 2. The van der Waals surface area contributed by atoms with Crippen LogP contribution in [0.1, 0.15) is 15.9 Å². The summed E-state index contributed by atoms with van der Waals surface area (Å²) in [5.74, 6) is -0.324. The van der Waals surface area contributed by atoms with Crippen LogP contribution in [0.25, 0.3) is 6.08 Å². The summed E-state index contributed by atoms with van der Waals surface area (Å²) in [4.78, 5) is 22.9. The van der Waals surface area contributed by atoms with Crippen LogP contribution in [-0.4, -0.2) is 38.6 Å². The Bertz CT molecular complexity index is 944. The van der Waals surface area contributed by atoms with Crippen molar-refractivity contribution in [2.75, 3.05) is 21.3 Å². The first-order chi connectivity index (χ1) is 13.8. The van der Waals surface area contributed by atoms with Crippen LogP contribution in [0.3, 0.4) is 0 Å². The molecular formula is C19H17F2NO7. The Labute approximate surface area is 164 Å². The average Bonchev–Trinajstić information content (AvgIpc) is 2.70. The summed E-state index contributed by atoms with van der Waals surface area (Å²) < 4.78 is 44.4. The van der Waals surface area contributed by atoms with Crippen LogP contribution in [0, 0.1) is 10.1 Å². The third-order valence-corrected chi connectivity index (χ3v) is 3.81. The van der Waals surface area contributed by atoms with Gasteiger partial charge in [-0.3, -0.25) is 14.9 Å². The van der Waals surface area contributed by atoms with E-state index in [1.54, 1.807) is 6.07 Å². The lowest BCUT2D eigenvalue weighted by atomic mass is 10.1. The van der Waals surface area contributed by atoms with E-state index in [1.807, 2.05) is 0 Å². The van der Waals surface area contributed by atoms with Gasteiger partial charge in [0.25, 0.3) is 5.69 Å². The molecule has 0 fully saturated rings. The molecule has 0 saturated carbocycles. The SMILES string of the molecule is COc1ccc(C(=O)/C=C/c2cc(OC)c(OC(F)F)cc2[N+](=O)[O-])cc1OC. The van der Waals surface area contributed by atoms with Crippen LogP contribution in [-0.2, 0) is 0 Å². The smallest absolute Gasteiger partial charge is 0.387 e. The molecule has 8 nitrogen and oxygen atoms in total. The number of ether oxygens (including phenoxy) is 4. The largest absolute Gasteiger partial charge is 0.493 e. The minimum Gasteiger partial charge on any atom is -0.493 e. The van der Waals surface area contributed by atoms with Gasteiger partial charge in [-0.2, -0.15) is 8.78 Å². The number of nitro benzene ring substituents is 1. The summed E-state index contributed by atoms with van der Waals surface area (Å²) in [6.07, 6.45) is 2.29. The van der Waals surface area contributed by atoms with Crippen molar-refractivity contribution in [3.8, 4) is 23.0 Å². The van der Waals surface area contributed by atoms with Gasteiger partial charge >= 0.3 is 6.61 Å². The van der Waals surface area contributed by atoms with E-state index in [4.69, 9.17) is 14.2 Å². The Morgan fingerprint density at radius 2 is 1.62 bits per heavy atom. The number of hydrogen-bond acceptors (Lipinski definition) is 7. The number of nitrogens with zero attached hydrogens (tertiary/aromatic N) is 1. The highest BCUT2D eigenvalue weighted by atomic mass is 19.3. The highest BCUT2D eigenvalue weighted by molar-refractivity contribution is 6.07. The molecule has 0 radical (unpaired) electrons. The van der Waals surface area contributed by atoms with E-state index in [2.05, 4.69) is 4.74 Å². The van der Waals surface area contributed by atoms with Gasteiger partial charge in [0, 0.05) is 5.56 Å². The standard InChI is InChI=1S/C19H17F2NO7/c1-26-15-7-5-12(9-16(15)27-2)14(23)6-4-11-8-17(28-3)18(29-19(20)21)10-13(11)22(24)25/h4-10,19H,1-3H3/b6-4+. The molecule has 0 aromatic heterocycles. The molecule has 0 unspecified atom stereocenters. The first-order valence-corrected chi connectivity index (χ1v) is 8.06. The summed E-state index contributed by atoms with van der Waals surface area (Å²) in [6, 6.07) is 6.45. The molecule has 154 valence electrons. The molecule has 0 bridgehead atoms. The summed E-state index contributed by atoms with van der Waals surface area (Å²) >= 11 is 0. The third-order valence-electron chi connectivity index (χ3n) is 3.81. The molecule has 29 heavy (non-hydrogen) atoms. The lowest BCUT2D eigenvalue weighted by Crippen LogP contribution is -2.05. The molecule has 0 spiro atoms. The van der Waals surface area contributed by atoms with Crippen LogP contribution in [0.15, 0.2) is 36.4 Å². The topological polar surface area (TPSA) is 97.1 Å². The van der Waals surface area contributed by atoms with Gasteiger partial charge in [0.05, 0.1) is 37.9 Å². The molecule has 0 aliphatic rings. The van der Waals surface area contributed by atoms with Crippen LogP contribution in [0.4, 0.5) is 14.5 Å². The predicted octanol–water partition coefficient (Wildman–Crippen LogP) is 4.12. The summed E-state index contributed by atoms with van der Waals surface area (Å²) in [6.45, 7) is -3.18. The molecule has 0 saturated heterocycles. The lowest BCUT2D eigenvalue weighted by molar-refractivity contribution is -0.385. The van der Waals surface area contributed by atoms with Gasteiger partial charge in [0.1, 0.15) is 0 Å². The molecule has 2 rings (SSSR count). The molecule has 0 heterocycles. The van der Waals surface area contributed by atoms with Crippen molar-refractivity contribution in [3.63, 3.8) is 0 Å². The second-order valence-electron chi connectivity index (χ2n) is 5.46. The van der Waals surface area contributed by atoms with Crippen molar-refractivity contribution >= 4 is 17.5 Å². The average molecular weight is 409 g/mol. The number of methoxy groups -OCH3 is 3. The van der Waals surface area contributed by atoms with Gasteiger partial charge in [0.15, 0.2) is 28.8 Å². The number of allylic oxidation sites excluding steroid dienone is 1. The Kier molecular flexibility index (Phi) is 7.07. The van der Waals surface area contributed by atoms with Crippen molar-refractivity contribution in [3.05, 3.63) is 57.6 Å². The second-order valence-corrected chi connectivity index (χ2v) is 5.46. The summed E-state index contributed by atoms with van der Waals surface area (Å²) in [5, 5.41) is 11.3. The molecule has 2 aromatic rings. The maximum Gasteiger partial charge on any atom is 0.387 e. The number of nitro groups is 1. The van der Waals surface area contributed by atoms with E-state index in [9.17, 15) is 23.7 Å². The molecular weight excluding hydrogens is 392 g/mol. The van der Waals surface area contributed by atoms with Crippen molar-refractivity contribution in [2.24, 2.45) is 0 Å². The second kappa shape index (κ2) is 9.49. The zero-order chi connectivity index (χ0) is 21.6. The maximum absolute atomic E-state index is 12.5. The molecule has 0 amide bonds. The fraction of sp³-hybridized carbons (Fsp3) is 0.211. The van der Waals surface area contributed by atoms with E-state index in [0.29, 0.717) is 11.5 Å². The monoisotopic (exact) mass is 409 g/mol. The van der Waals surface area contributed by atoms with Crippen LogP contribution in [0.5, 0.6) is 23.0 Å². The first-order valence-electron chi connectivity index (χ1n) is 8.06. The summed E-state index contributed by atoms with van der Waals surface area (Å²) in [7, 11) is 4.07. The van der Waals surface area contributed by atoms with Crippen molar-refractivity contribution in [1.82, 2.24) is 0 Å². The van der Waals surface area contributed by atoms with Crippen LogP contribution < -0.4 is 18.9 Å². The number of halogens is 2. The number of rotatable bonds is 9. The Morgan fingerprint density at radius 1 is 1.00 bits per heavy atom. The molecule has 2 aromatic carbocycles. The predicted molar refractivity (Wildman–Crippen MR) is 99.2 cm³/mol. The molecule has 0 N–H and O–H groups in total. The highest BCUT2D eigenvalue weighted by Crippen LogP contribution is 2.36. The number of ketones is 1. The van der Waals surface area contributed by atoms with Gasteiger partial charge in [-0.1, -0.05) is 0 Å². The van der Waals surface area contributed by atoms with Crippen molar-refractivity contribution in [1.29, 1.82) is 0 Å². The third kappa shape index (κ3) is 5.18. The first kappa shape index (κ1) is 21.6. The van der Waals surface area contributed by atoms with Gasteiger partial charge in [-0.05, 0) is 36.4 Å². The van der Waals surface area contributed by atoms with E-state index in [1.165, 1.54) is 39.5 Å². The van der Waals surface area contributed by atoms with E-state index < -0.39 is 28.8 Å². The maximum atomic E-state index is 12.5. The van der Waals surface area contributed by atoms with Gasteiger partial charge < -0.3 is 18.9 Å². The number of benzene rings is 2. The molecule has 0 atom stereocenters. The van der Waals surface area contributed by atoms with E-state index in [0.717, 1.165) is 18.2 Å². The van der Waals surface area contributed by atoms with Crippen molar-refractivity contribution in [2.45, 2.75) is 6.61 Å². The van der Waals surface area contributed by atoms with E-state index in [-0.39, 0.29) is 16.9 Å². The number of carbonyl (C=O) groups excluding carboxylic acids is 1. The normalized spacial score (nSPS) is 10.8. The van der Waals surface area contributed by atoms with Gasteiger partial charge in [-0.25, -0.2) is 0 Å². The summed E-state index contributed by atoms with van der Waals surface area (Å²) in [5.41, 5.74) is -0.300. The fourth-order valence-corrected chi connectivity index (χ4v) is 2.46.